The Bertz CT molecular complexity index is 738. The molecule has 0 aliphatic carbocycles. The first-order chi connectivity index (χ1) is 10.2. The van der Waals surface area contributed by atoms with Crippen molar-refractivity contribution in [3.05, 3.63) is 30.1 Å². The number of rotatable bonds is 3. The highest BCUT2D eigenvalue weighted by molar-refractivity contribution is 7.20. The second-order valence-electron chi connectivity index (χ2n) is 5.78. The molecule has 4 rings (SSSR count). The molecule has 0 fully saturated rings. The van der Waals surface area contributed by atoms with E-state index in [0.29, 0.717) is 5.92 Å². The van der Waals surface area contributed by atoms with Crippen LogP contribution >= 0.6 is 11.3 Å². The Morgan fingerprint density at radius 3 is 3.24 bits per heavy atom. The Morgan fingerprint density at radius 2 is 2.38 bits per heavy atom. The molecule has 0 aromatic carbocycles. The minimum absolute atomic E-state index is 0.648. The van der Waals surface area contributed by atoms with Crippen molar-refractivity contribution in [3.63, 3.8) is 0 Å². The van der Waals surface area contributed by atoms with Gasteiger partial charge in [0.1, 0.15) is 5.82 Å². The van der Waals surface area contributed by atoms with Gasteiger partial charge in [-0.25, -0.2) is 14.5 Å². The fourth-order valence-electron chi connectivity index (χ4n) is 3.00. The van der Waals surface area contributed by atoms with Crippen molar-refractivity contribution in [2.45, 2.75) is 26.3 Å². The average Bonchev–Trinajstić information content (AvgIpc) is 3.11. The highest BCUT2D eigenvalue weighted by Crippen LogP contribution is 2.25. The Hall–Kier alpha value is -1.89. The number of fused-ring (bicyclic) bond motifs is 2. The van der Waals surface area contributed by atoms with Crippen LogP contribution in [0.3, 0.4) is 0 Å². The predicted molar refractivity (Wildman–Crippen MR) is 82.9 cm³/mol. The van der Waals surface area contributed by atoms with Crippen molar-refractivity contribution in [1.29, 1.82) is 0 Å². The molecule has 1 aliphatic heterocycles. The third-order valence-electron chi connectivity index (χ3n) is 4.04. The lowest BCUT2D eigenvalue weighted by Crippen LogP contribution is -2.31. The molecule has 0 radical (unpaired) electrons. The van der Waals surface area contributed by atoms with Gasteiger partial charge >= 0.3 is 0 Å². The van der Waals surface area contributed by atoms with Crippen LogP contribution in [0.4, 0.5) is 5.13 Å². The minimum Gasteiger partial charge on any atom is -0.349 e. The molecule has 0 bridgehead atoms. The molecule has 1 unspecified atom stereocenters. The van der Waals surface area contributed by atoms with E-state index >= 15 is 0 Å². The van der Waals surface area contributed by atoms with Gasteiger partial charge in [0.15, 0.2) is 0 Å². The van der Waals surface area contributed by atoms with Crippen LogP contribution in [0, 0.1) is 12.8 Å². The summed E-state index contributed by atoms with van der Waals surface area (Å²) in [6.45, 7) is 4.07. The number of imidazole rings is 2. The minimum atomic E-state index is 0.648. The van der Waals surface area contributed by atoms with Crippen LogP contribution in [0.2, 0.25) is 0 Å². The monoisotopic (exact) mass is 302 g/mol. The maximum Gasteiger partial charge on any atom is 0.214 e. The summed E-state index contributed by atoms with van der Waals surface area (Å²) in [5, 5.41) is 5.65. The van der Waals surface area contributed by atoms with Gasteiger partial charge < -0.3 is 9.47 Å². The van der Waals surface area contributed by atoms with Crippen LogP contribution < -0.4 is 4.90 Å². The lowest BCUT2D eigenvalue weighted by molar-refractivity contribution is 0.369. The van der Waals surface area contributed by atoms with Crippen molar-refractivity contribution < 1.29 is 0 Å². The van der Waals surface area contributed by atoms with Gasteiger partial charge in [0.05, 0.1) is 11.9 Å². The van der Waals surface area contributed by atoms with E-state index < -0.39 is 0 Å². The maximum absolute atomic E-state index is 4.61. The Balaban J connectivity index is 1.48. The average molecular weight is 302 g/mol. The summed E-state index contributed by atoms with van der Waals surface area (Å²) in [6.07, 6.45) is 8.23. The second kappa shape index (κ2) is 4.84. The number of hydrogen-bond acceptors (Lipinski definition) is 5. The molecule has 7 heteroatoms. The van der Waals surface area contributed by atoms with Crippen LogP contribution in [0.5, 0.6) is 0 Å². The smallest absolute Gasteiger partial charge is 0.214 e. The largest absolute Gasteiger partial charge is 0.349 e. The standard InChI is InChI=1S/C14H18N6S/c1-10-7-20-13(16-10)21-14(17-20)18(2)8-11-3-4-12-15-5-6-19(12)9-11/h5-7,11H,3-4,8-9H2,1-2H3. The molecule has 0 saturated heterocycles. The molecule has 1 aliphatic rings. The first-order valence-corrected chi connectivity index (χ1v) is 8.04. The summed E-state index contributed by atoms with van der Waals surface area (Å²) >= 11 is 1.65. The number of aromatic nitrogens is 5. The zero-order chi connectivity index (χ0) is 14.4. The van der Waals surface area contributed by atoms with Crippen LogP contribution in [-0.4, -0.2) is 37.7 Å². The number of aryl methyl sites for hydroxylation is 2. The molecule has 0 spiro atoms. The summed E-state index contributed by atoms with van der Waals surface area (Å²) in [6, 6.07) is 0. The quantitative estimate of drug-likeness (QED) is 0.742. The summed E-state index contributed by atoms with van der Waals surface area (Å²) in [5.74, 6) is 1.87. The third-order valence-corrected chi connectivity index (χ3v) is 5.08. The Labute approximate surface area is 127 Å². The van der Waals surface area contributed by atoms with Crippen molar-refractivity contribution in [1.82, 2.24) is 24.1 Å². The van der Waals surface area contributed by atoms with Gasteiger partial charge in [0.2, 0.25) is 10.1 Å². The van der Waals surface area contributed by atoms with Gasteiger partial charge in [0.25, 0.3) is 0 Å². The molecular formula is C14H18N6S. The van der Waals surface area contributed by atoms with Gasteiger partial charge in [-0.2, -0.15) is 0 Å². The van der Waals surface area contributed by atoms with E-state index in [4.69, 9.17) is 0 Å². The molecule has 3 aromatic heterocycles. The summed E-state index contributed by atoms with van der Waals surface area (Å²) in [7, 11) is 2.12. The fourth-order valence-corrected chi connectivity index (χ4v) is 3.90. The van der Waals surface area contributed by atoms with E-state index in [9.17, 15) is 0 Å². The molecule has 3 aromatic rings. The molecule has 1 atom stereocenters. The van der Waals surface area contributed by atoms with Crippen LogP contribution in [0.1, 0.15) is 17.9 Å². The summed E-state index contributed by atoms with van der Waals surface area (Å²) < 4.78 is 4.15. The van der Waals surface area contributed by atoms with Crippen molar-refractivity contribution in [3.8, 4) is 0 Å². The molecule has 0 saturated carbocycles. The highest BCUT2D eigenvalue weighted by atomic mass is 32.1. The zero-order valence-corrected chi connectivity index (χ0v) is 13.0. The third kappa shape index (κ3) is 2.31. The van der Waals surface area contributed by atoms with Crippen LogP contribution in [0.25, 0.3) is 4.96 Å². The van der Waals surface area contributed by atoms with Crippen molar-refractivity contribution >= 4 is 21.4 Å². The molecular weight excluding hydrogens is 284 g/mol. The highest BCUT2D eigenvalue weighted by Gasteiger charge is 2.21. The van der Waals surface area contributed by atoms with Gasteiger partial charge in [0, 0.05) is 39.0 Å². The Kier molecular flexibility index (Phi) is 2.95. The van der Waals surface area contributed by atoms with E-state index in [-0.39, 0.29) is 0 Å². The Morgan fingerprint density at radius 1 is 1.48 bits per heavy atom. The molecule has 0 N–H and O–H groups in total. The molecule has 6 nitrogen and oxygen atoms in total. The summed E-state index contributed by atoms with van der Waals surface area (Å²) in [5.41, 5.74) is 1.02. The number of anilines is 1. The first-order valence-electron chi connectivity index (χ1n) is 7.23. The van der Waals surface area contributed by atoms with E-state index in [2.05, 4.69) is 37.8 Å². The zero-order valence-electron chi connectivity index (χ0n) is 12.2. The topological polar surface area (TPSA) is 51.2 Å². The van der Waals surface area contributed by atoms with Crippen LogP contribution in [-0.2, 0) is 13.0 Å². The molecule has 4 heterocycles. The second-order valence-corrected chi connectivity index (χ2v) is 6.71. The maximum atomic E-state index is 4.61. The van der Waals surface area contributed by atoms with E-state index in [0.717, 1.165) is 35.3 Å². The molecule has 0 amide bonds. The lowest BCUT2D eigenvalue weighted by atomic mass is 9.99. The molecule has 21 heavy (non-hydrogen) atoms. The van der Waals surface area contributed by atoms with E-state index in [1.165, 1.54) is 12.2 Å². The van der Waals surface area contributed by atoms with E-state index in [1.807, 2.05) is 23.8 Å². The normalized spacial score (nSPS) is 18.1. The SMILES string of the molecule is Cc1cn2nc(N(C)CC3CCc4nccn4C3)sc2n1. The fraction of sp³-hybridized carbons (Fsp3) is 0.500. The van der Waals surface area contributed by atoms with Gasteiger partial charge in [-0.1, -0.05) is 11.3 Å². The van der Waals surface area contributed by atoms with Gasteiger partial charge in [-0.3, -0.25) is 0 Å². The van der Waals surface area contributed by atoms with Crippen molar-refractivity contribution in [2.24, 2.45) is 5.92 Å². The van der Waals surface area contributed by atoms with Gasteiger partial charge in [-0.05, 0) is 19.3 Å². The summed E-state index contributed by atoms with van der Waals surface area (Å²) in [4.78, 5) is 12.1. The molecule has 110 valence electrons. The number of nitrogens with zero attached hydrogens (tertiary/aromatic N) is 6. The predicted octanol–water partition coefficient (Wildman–Crippen LogP) is 1.99. The van der Waals surface area contributed by atoms with Gasteiger partial charge in [-0.15, -0.1) is 5.10 Å². The first kappa shape index (κ1) is 12.8. The lowest BCUT2D eigenvalue weighted by Gasteiger charge is -2.27. The van der Waals surface area contributed by atoms with Crippen LogP contribution in [0.15, 0.2) is 18.6 Å². The van der Waals surface area contributed by atoms with Crippen molar-refractivity contribution in [2.75, 3.05) is 18.5 Å². The number of hydrogen-bond donors (Lipinski definition) is 0. The van der Waals surface area contributed by atoms with E-state index in [1.54, 1.807) is 11.3 Å².